The summed E-state index contributed by atoms with van der Waals surface area (Å²) in [5.74, 6) is 0.648. The molecule has 0 saturated carbocycles. The Labute approximate surface area is 56.2 Å². The van der Waals surface area contributed by atoms with Gasteiger partial charge in [-0.05, 0) is 12.8 Å². The molecule has 54 valence electrons. The van der Waals surface area contributed by atoms with E-state index >= 15 is 0 Å². The minimum Gasteiger partial charge on any atom is -0.356 e. The first-order chi connectivity index (χ1) is 4.24. The van der Waals surface area contributed by atoms with Gasteiger partial charge < -0.3 is 9.47 Å². The first-order valence-electron chi connectivity index (χ1n) is 3.42. The third-order valence-corrected chi connectivity index (χ3v) is 1.99. The molecule has 1 unspecified atom stereocenters. The number of hydrogen-bond acceptors (Lipinski definition) is 2. The van der Waals surface area contributed by atoms with Crippen molar-refractivity contribution in [2.24, 2.45) is 5.92 Å². The lowest BCUT2D eigenvalue weighted by atomic mass is 10.1. The van der Waals surface area contributed by atoms with Crippen LogP contribution in [-0.2, 0) is 9.47 Å². The topological polar surface area (TPSA) is 18.5 Å². The second-order valence-electron chi connectivity index (χ2n) is 2.72. The molecule has 2 heteroatoms. The third kappa shape index (κ3) is 1.43. The summed E-state index contributed by atoms with van der Waals surface area (Å²) in [6, 6.07) is 0. The van der Waals surface area contributed by atoms with Crippen molar-refractivity contribution >= 4 is 0 Å². The minimum absolute atomic E-state index is 0.0509. The van der Waals surface area contributed by atoms with Crippen molar-refractivity contribution in [1.82, 2.24) is 0 Å². The lowest BCUT2D eigenvalue weighted by Crippen LogP contribution is -2.10. The van der Waals surface area contributed by atoms with Crippen LogP contribution in [0.3, 0.4) is 0 Å². The van der Waals surface area contributed by atoms with Crippen molar-refractivity contribution in [3.63, 3.8) is 0 Å². The van der Waals surface area contributed by atoms with Crippen LogP contribution in [0.1, 0.15) is 20.3 Å². The van der Waals surface area contributed by atoms with E-state index in [1.807, 2.05) is 0 Å². The Hall–Kier alpha value is -0.0800. The molecule has 0 aromatic carbocycles. The molecule has 0 bridgehead atoms. The van der Waals surface area contributed by atoms with Crippen molar-refractivity contribution in [1.29, 1.82) is 0 Å². The van der Waals surface area contributed by atoms with Crippen LogP contribution >= 0.6 is 0 Å². The summed E-state index contributed by atoms with van der Waals surface area (Å²) in [6.07, 6.45) is 1.46. The molecule has 9 heavy (non-hydrogen) atoms. The lowest BCUT2D eigenvalue weighted by Gasteiger charge is -2.07. The van der Waals surface area contributed by atoms with E-state index in [4.69, 9.17) is 9.47 Å². The Kier molecular flexibility index (Phi) is 2.09. The van der Waals surface area contributed by atoms with Gasteiger partial charge in [-0.25, -0.2) is 0 Å². The zero-order valence-electron chi connectivity index (χ0n) is 6.26. The summed E-state index contributed by atoms with van der Waals surface area (Å²) in [7, 11) is 1.69. The summed E-state index contributed by atoms with van der Waals surface area (Å²) >= 11 is 0. The van der Waals surface area contributed by atoms with Gasteiger partial charge in [0, 0.05) is 13.5 Å². The van der Waals surface area contributed by atoms with Crippen molar-refractivity contribution in [3.8, 4) is 0 Å². The van der Waals surface area contributed by atoms with Gasteiger partial charge in [-0.1, -0.05) is 6.92 Å². The molecule has 3 atom stereocenters. The zero-order valence-corrected chi connectivity index (χ0v) is 6.26. The Morgan fingerprint density at radius 2 is 2.11 bits per heavy atom. The molecule has 0 aliphatic carbocycles. The molecular formula is C7H14O2. The molecule has 1 aliphatic rings. The second kappa shape index (κ2) is 2.67. The molecule has 1 heterocycles. The maximum absolute atomic E-state index is 5.40. The number of hydrogen-bond donors (Lipinski definition) is 0. The molecule has 1 fully saturated rings. The molecule has 0 radical (unpaired) electrons. The van der Waals surface area contributed by atoms with Crippen LogP contribution in [0.25, 0.3) is 0 Å². The van der Waals surface area contributed by atoms with Crippen LogP contribution in [-0.4, -0.2) is 19.5 Å². The van der Waals surface area contributed by atoms with E-state index < -0.39 is 0 Å². The van der Waals surface area contributed by atoms with Gasteiger partial charge in [0.15, 0.2) is 6.29 Å². The minimum atomic E-state index is 0.0509. The van der Waals surface area contributed by atoms with Crippen LogP contribution in [0.15, 0.2) is 0 Å². The molecule has 0 aromatic heterocycles. The van der Waals surface area contributed by atoms with Gasteiger partial charge in [-0.3, -0.25) is 0 Å². The zero-order chi connectivity index (χ0) is 6.85. The Bertz CT molecular complexity index is 82.9. The standard InChI is InChI=1S/C7H14O2/c1-5-4-7(8-3)9-6(5)2/h5-7H,4H2,1-3H3/t5-,6-,7?/m0/s1. The molecule has 0 N–H and O–H groups in total. The van der Waals surface area contributed by atoms with Crippen molar-refractivity contribution < 1.29 is 9.47 Å². The van der Waals surface area contributed by atoms with Gasteiger partial charge in [0.25, 0.3) is 0 Å². The molecule has 1 rings (SSSR count). The maximum atomic E-state index is 5.40. The van der Waals surface area contributed by atoms with E-state index in [0.717, 1.165) is 6.42 Å². The number of ether oxygens (including phenoxy) is 2. The van der Waals surface area contributed by atoms with Crippen LogP contribution < -0.4 is 0 Å². The van der Waals surface area contributed by atoms with Gasteiger partial charge in [0.2, 0.25) is 0 Å². The lowest BCUT2D eigenvalue weighted by molar-refractivity contribution is -0.111. The molecule has 0 aromatic rings. The van der Waals surface area contributed by atoms with E-state index in [0.29, 0.717) is 12.0 Å². The Morgan fingerprint density at radius 3 is 2.33 bits per heavy atom. The van der Waals surface area contributed by atoms with E-state index in [1.165, 1.54) is 0 Å². The van der Waals surface area contributed by atoms with E-state index in [-0.39, 0.29) is 6.29 Å². The predicted molar refractivity (Wildman–Crippen MR) is 35.1 cm³/mol. The predicted octanol–water partition coefficient (Wildman–Crippen LogP) is 1.40. The average molecular weight is 130 g/mol. The molecule has 2 nitrogen and oxygen atoms in total. The summed E-state index contributed by atoms with van der Waals surface area (Å²) in [6.45, 7) is 4.27. The van der Waals surface area contributed by atoms with Gasteiger partial charge >= 0.3 is 0 Å². The van der Waals surface area contributed by atoms with Gasteiger partial charge in [0.05, 0.1) is 6.10 Å². The van der Waals surface area contributed by atoms with Gasteiger partial charge in [-0.15, -0.1) is 0 Å². The summed E-state index contributed by atoms with van der Waals surface area (Å²) in [5.41, 5.74) is 0. The molecule has 1 aliphatic heterocycles. The second-order valence-corrected chi connectivity index (χ2v) is 2.72. The largest absolute Gasteiger partial charge is 0.356 e. The molecule has 0 amide bonds. The van der Waals surface area contributed by atoms with E-state index in [2.05, 4.69) is 13.8 Å². The Morgan fingerprint density at radius 1 is 1.44 bits per heavy atom. The van der Waals surface area contributed by atoms with Crippen LogP contribution in [0.5, 0.6) is 0 Å². The highest BCUT2D eigenvalue weighted by atomic mass is 16.7. The first-order valence-corrected chi connectivity index (χ1v) is 3.42. The van der Waals surface area contributed by atoms with Gasteiger partial charge in [0.1, 0.15) is 0 Å². The highest BCUT2D eigenvalue weighted by Crippen LogP contribution is 2.25. The Balaban J connectivity index is 2.35. The molecule has 0 spiro atoms. The average Bonchev–Trinajstić information content (AvgIpc) is 2.13. The van der Waals surface area contributed by atoms with Gasteiger partial charge in [-0.2, -0.15) is 0 Å². The highest BCUT2D eigenvalue weighted by molar-refractivity contribution is 4.70. The van der Waals surface area contributed by atoms with Crippen LogP contribution in [0.4, 0.5) is 0 Å². The molecule has 1 saturated heterocycles. The fourth-order valence-electron chi connectivity index (χ4n) is 1.08. The maximum Gasteiger partial charge on any atom is 0.157 e. The molecular weight excluding hydrogens is 116 g/mol. The van der Waals surface area contributed by atoms with Crippen LogP contribution in [0.2, 0.25) is 0 Å². The van der Waals surface area contributed by atoms with E-state index in [9.17, 15) is 0 Å². The van der Waals surface area contributed by atoms with E-state index in [1.54, 1.807) is 7.11 Å². The quantitative estimate of drug-likeness (QED) is 0.534. The fraction of sp³-hybridized carbons (Fsp3) is 1.00. The smallest absolute Gasteiger partial charge is 0.157 e. The SMILES string of the molecule is COC1C[C@H](C)[C@H](C)O1. The van der Waals surface area contributed by atoms with Crippen LogP contribution in [0, 0.1) is 5.92 Å². The number of methoxy groups -OCH3 is 1. The monoisotopic (exact) mass is 130 g/mol. The number of rotatable bonds is 1. The normalized spacial score (nSPS) is 43.7. The summed E-state index contributed by atoms with van der Waals surface area (Å²) < 4.78 is 10.4. The first kappa shape index (κ1) is 7.03. The third-order valence-electron chi connectivity index (χ3n) is 1.99. The highest BCUT2D eigenvalue weighted by Gasteiger charge is 2.28. The van der Waals surface area contributed by atoms with Crippen molar-refractivity contribution in [2.45, 2.75) is 32.7 Å². The summed E-state index contributed by atoms with van der Waals surface area (Å²) in [5, 5.41) is 0. The van der Waals surface area contributed by atoms with Crippen molar-refractivity contribution in [2.75, 3.05) is 7.11 Å². The summed E-state index contributed by atoms with van der Waals surface area (Å²) in [4.78, 5) is 0. The fourth-order valence-corrected chi connectivity index (χ4v) is 1.08. The van der Waals surface area contributed by atoms with Crippen molar-refractivity contribution in [3.05, 3.63) is 0 Å².